The molecule has 0 aromatic carbocycles. The van der Waals surface area contributed by atoms with Crippen molar-refractivity contribution in [1.29, 1.82) is 0 Å². The van der Waals surface area contributed by atoms with Crippen molar-refractivity contribution in [2.45, 2.75) is 37.6 Å². The number of carbonyl (C=O) groups excluding carboxylic acids is 1. The van der Waals surface area contributed by atoms with Crippen molar-refractivity contribution in [2.75, 3.05) is 0 Å². The average Bonchev–Trinajstić information content (AvgIpc) is 2.04. The molecule has 0 aliphatic heterocycles. The lowest BCUT2D eigenvalue weighted by atomic mass is 10.0. The van der Waals surface area contributed by atoms with Gasteiger partial charge in [0.25, 0.3) is 5.79 Å². The van der Waals surface area contributed by atoms with E-state index >= 15 is 0 Å². The lowest BCUT2D eigenvalue weighted by Gasteiger charge is -2.36. The van der Waals surface area contributed by atoms with Gasteiger partial charge in [0.15, 0.2) is 0 Å². The van der Waals surface area contributed by atoms with Crippen LogP contribution in [0.1, 0.15) is 19.8 Å². The Balaban J connectivity index is 4.64. The van der Waals surface area contributed by atoms with Gasteiger partial charge in [0.05, 0.1) is 0 Å². The van der Waals surface area contributed by atoms with Crippen LogP contribution in [0.3, 0.4) is 0 Å². The number of carbonyl (C=O) groups is 1. The van der Waals surface area contributed by atoms with Crippen LogP contribution in [0.4, 0.5) is 0 Å². The van der Waals surface area contributed by atoms with Crippen molar-refractivity contribution in [1.82, 2.24) is 5.32 Å². The first-order valence-corrected chi connectivity index (χ1v) is 4.08. The SMILES string of the molecule is CCCC(O)C(O)(O)C(O)(O)NC=O. The van der Waals surface area contributed by atoms with Crippen LogP contribution in [0.2, 0.25) is 0 Å². The van der Waals surface area contributed by atoms with E-state index in [1.54, 1.807) is 6.92 Å². The Morgan fingerprint density at radius 1 is 1.36 bits per heavy atom. The molecular formula is C7H15NO6. The van der Waals surface area contributed by atoms with Gasteiger partial charge in [0.2, 0.25) is 6.41 Å². The maximum absolute atomic E-state index is 9.91. The number of rotatable bonds is 6. The van der Waals surface area contributed by atoms with Gasteiger partial charge < -0.3 is 30.8 Å². The van der Waals surface area contributed by atoms with E-state index in [2.05, 4.69) is 0 Å². The van der Waals surface area contributed by atoms with E-state index in [0.29, 0.717) is 6.42 Å². The summed E-state index contributed by atoms with van der Waals surface area (Å²) in [6.45, 7) is 1.66. The van der Waals surface area contributed by atoms with E-state index < -0.39 is 17.8 Å². The molecule has 1 atom stereocenters. The smallest absolute Gasteiger partial charge is 0.305 e. The van der Waals surface area contributed by atoms with E-state index in [1.807, 2.05) is 0 Å². The highest BCUT2D eigenvalue weighted by Gasteiger charge is 2.52. The summed E-state index contributed by atoms with van der Waals surface area (Å²) in [5, 5.41) is 46.8. The molecule has 0 heterocycles. The van der Waals surface area contributed by atoms with Gasteiger partial charge in [-0.1, -0.05) is 13.3 Å². The van der Waals surface area contributed by atoms with Crippen LogP contribution >= 0.6 is 0 Å². The summed E-state index contributed by atoms with van der Waals surface area (Å²) in [6.07, 6.45) is -1.56. The van der Waals surface area contributed by atoms with Crippen LogP contribution in [0, 0.1) is 0 Å². The molecule has 7 heteroatoms. The predicted octanol–water partition coefficient (Wildman–Crippen LogP) is -2.79. The van der Waals surface area contributed by atoms with Gasteiger partial charge >= 0.3 is 5.91 Å². The summed E-state index contributed by atoms with van der Waals surface area (Å²) in [5.41, 5.74) is 0. The molecular weight excluding hydrogens is 194 g/mol. The second kappa shape index (κ2) is 4.67. The van der Waals surface area contributed by atoms with Crippen LogP contribution in [-0.2, 0) is 4.79 Å². The molecule has 6 N–H and O–H groups in total. The van der Waals surface area contributed by atoms with Crippen LogP contribution in [-0.4, -0.2) is 49.7 Å². The van der Waals surface area contributed by atoms with Gasteiger partial charge in [-0.15, -0.1) is 0 Å². The molecule has 0 saturated heterocycles. The number of hydrogen-bond acceptors (Lipinski definition) is 6. The Labute approximate surface area is 80.6 Å². The minimum Gasteiger partial charge on any atom is -0.387 e. The zero-order valence-electron chi connectivity index (χ0n) is 7.71. The largest absolute Gasteiger partial charge is 0.387 e. The first kappa shape index (κ1) is 13.3. The summed E-state index contributed by atoms with van der Waals surface area (Å²) in [6, 6.07) is 0. The van der Waals surface area contributed by atoms with E-state index in [0.717, 1.165) is 0 Å². The Hall–Kier alpha value is -0.730. The molecule has 84 valence electrons. The van der Waals surface area contributed by atoms with E-state index in [1.165, 1.54) is 5.32 Å². The topological polar surface area (TPSA) is 130 Å². The van der Waals surface area contributed by atoms with Gasteiger partial charge in [-0.3, -0.25) is 4.79 Å². The summed E-state index contributed by atoms with van der Waals surface area (Å²) in [5.74, 6) is -6.51. The molecule has 1 amide bonds. The molecule has 7 nitrogen and oxygen atoms in total. The van der Waals surface area contributed by atoms with E-state index in [9.17, 15) is 4.79 Å². The summed E-state index contributed by atoms with van der Waals surface area (Å²) >= 11 is 0. The first-order chi connectivity index (χ1) is 6.29. The van der Waals surface area contributed by atoms with Gasteiger partial charge in [-0.2, -0.15) is 0 Å². The quantitative estimate of drug-likeness (QED) is 0.207. The Kier molecular flexibility index (Phi) is 4.43. The van der Waals surface area contributed by atoms with E-state index in [4.69, 9.17) is 25.5 Å². The highest BCUT2D eigenvalue weighted by Crippen LogP contribution is 2.21. The normalized spacial score (nSPS) is 15.0. The molecule has 0 aliphatic carbocycles. The Morgan fingerprint density at radius 2 is 1.86 bits per heavy atom. The van der Waals surface area contributed by atoms with Gasteiger partial charge in [0.1, 0.15) is 6.10 Å². The molecule has 0 aromatic heterocycles. The zero-order chi connectivity index (χ0) is 11.4. The fourth-order valence-electron chi connectivity index (χ4n) is 0.895. The summed E-state index contributed by atoms with van der Waals surface area (Å²) in [7, 11) is 0. The number of aliphatic hydroxyl groups excluding tert-OH is 1. The standard InChI is InChI=1S/C7H15NO6/c1-2-3-5(10)6(11,12)7(13,14)8-4-9/h4-5,10-14H,2-3H2,1H3,(H,8,9). The Morgan fingerprint density at radius 3 is 2.21 bits per heavy atom. The van der Waals surface area contributed by atoms with Crippen molar-refractivity contribution in [3.63, 3.8) is 0 Å². The molecule has 0 spiro atoms. The molecule has 0 rings (SSSR count). The van der Waals surface area contributed by atoms with Crippen LogP contribution < -0.4 is 5.32 Å². The highest BCUT2D eigenvalue weighted by molar-refractivity contribution is 5.47. The fourth-order valence-corrected chi connectivity index (χ4v) is 0.895. The van der Waals surface area contributed by atoms with Gasteiger partial charge in [-0.05, 0) is 6.42 Å². The predicted molar refractivity (Wildman–Crippen MR) is 44.5 cm³/mol. The number of nitrogens with one attached hydrogen (secondary N) is 1. The van der Waals surface area contributed by atoms with Crippen LogP contribution in [0.5, 0.6) is 0 Å². The molecule has 0 aliphatic rings. The lowest BCUT2D eigenvalue weighted by molar-refractivity contribution is -0.391. The third-order valence-corrected chi connectivity index (χ3v) is 1.80. The number of hydrogen-bond donors (Lipinski definition) is 6. The number of aliphatic hydroxyl groups is 5. The minimum absolute atomic E-state index is 0.0591. The molecule has 0 fully saturated rings. The second-order valence-corrected chi connectivity index (χ2v) is 2.97. The Bertz CT molecular complexity index is 193. The summed E-state index contributed by atoms with van der Waals surface area (Å²) in [4.78, 5) is 9.91. The molecule has 0 bridgehead atoms. The van der Waals surface area contributed by atoms with Crippen LogP contribution in [0.25, 0.3) is 0 Å². The van der Waals surface area contributed by atoms with E-state index in [-0.39, 0.29) is 12.8 Å². The maximum atomic E-state index is 9.91. The third-order valence-electron chi connectivity index (χ3n) is 1.80. The minimum atomic E-state index is -3.29. The van der Waals surface area contributed by atoms with Crippen molar-refractivity contribution in [3.8, 4) is 0 Å². The molecule has 1 unspecified atom stereocenters. The van der Waals surface area contributed by atoms with Crippen molar-refractivity contribution < 1.29 is 30.3 Å². The van der Waals surface area contributed by atoms with Crippen LogP contribution in [0.15, 0.2) is 0 Å². The fraction of sp³-hybridized carbons (Fsp3) is 0.857. The molecule has 0 aromatic rings. The maximum Gasteiger partial charge on any atom is 0.305 e. The zero-order valence-corrected chi connectivity index (χ0v) is 7.71. The molecule has 0 radical (unpaired) electrons. The average molecular weight is 209 g/mol. The summed E-state index contributed by atoms with van der Waals surface area (Å²) < 4.78 is 0. The molecule has 14 heavy (non-hydrogen) atoms. The second-order valence-electron chi connectivity index (χ2n) is 2.97. The molecule has 0 saturated carbocycles. The van der Waals surface area contributed by atoms with Gasteiger partial charge in [-0.25, -0.2) is 0 Å². The first-order valence-electron chi connectivity index (χ1n) is 4.08. The van der Waals surface area contributed by atoms with Gasteiger partial charge in [0, 0.05) is 0 Å². The van der Waals surface area contributed by atoms with Crippen molar-refractivity contribution in [2.24, 2.45) is 0 Å². The van der Waals surface area contributed by atoms with Crippen molar-refractivity contribution >= 4 is 6.41 Å². The highest BCUT2D eigenvalue weighted by atomic mass is 16.6. The van der Waals surface area contributed by atoms with Crippen molar-refractivity contribution in [3.05, 3.63) is 0 Å². The third kappa shape index (κ3) is 2.63. The number of amides is 1. The monoisotopic (exact) mass is 209 g/mol. The lowest BCUT2D eigenvalue weighted by Crippen LogP contribution is -2.68.